The van der Waals surface area contributed by atoms with E-state index in [9.17, 15) is 0 Å². The summed E-state index contributed by atoms with van der Waals surface area (Å²) in [7, 11) is 1.61. The number of hydrogen-bond acceptors (Lipinski definition) is 3. The molecule has 0 unspecified atom stereocenters. The Morgan fingerprint density at radius 1 is 1.47 bits per heavy atom. The topological polar surface area (TPSA) is 68.3 Å². The van der Waals surface area contributed by atoms with Crippen LogP contribution < -0.4 is 10.5 Å². The maximum Gasteiger partial charge on any atom is 0.124 e. The Bertz CT molecular complexity index is 355. The van der Waals surface area contributed by atoms with Crippen molar-refractivity contribution >= 4 is 17.4 Å². The second-order valence-electron chi connectivity index (χ2n) is 2.90. The van der Waals surface area contributed by atoms with Gasteiger partial charge in [0.1, 0.15) is 18.2 Å². The maximum atomic E-state index is 7.25. The Morgan fingerprint density at radius 3 is 2.73 bits per heavy atom. The number of nitrogens with one attached hydrogen (secondary N) is 1. The average molecular weight is 229 g/mol. The third-order valence-corrected chi connectivity index (χ3v) is 2.10. The lowest BCUT2D eigenvalue weighted by Crippen LogP contribution is -2.11. The van der Waals surface area contributed by atoms with Crippen LogP contribution in [0.3, 0.4) is 0 Å². The van der Waals surface area contributed by atoms with E-state index in [1.807, 2.05) is 0 Å². The van der Waals surface area contributed by atoms with E-state index >= 15 is 0 Å². The molecule has 0 amide bonds. The molecule has 4 nitrogen and oxygen atoms in total. The Hall–Kier alpha value is -1.26. The predicted octanol–water partition coefficient (Wildman–Crippen LogP) is 1.65. The van der Waals surface area contributed by atoms with Gasteiger partial charge in [-0.3, -0.25) is 5.41 Å². The van der Waals surface area contributed by atoms with Crippen molar-refractivity contribution < 1.29 is 9.47 Å². The molecule has 0 atom stereocenters. The summed E-state index contributed by atoms with van der Waals surface area (Å²) in [6, 6.07) is 5.01. The van der Waals surface area contributed by atoms with Crippen LogP contribution in [0.4, 0.5) is 0 Å². The molecular weight excluding hydrogens is 216 g/mol. The standard InChI is InChI=1S/C10H13ClN2O2/c1-14-4-5-15-7-2-3-8(10(12)13)9(11)6-7/h2-3,6H,4-5H2,1H3,(H3,12,13). The molecular formula is C10H13ClN2O2. The fraction of sp³-hybridized carbons (Fsp3) is 0.300. The number of amidine groups is 1. The first kappa shape index (κ1) is 11.8. The molecule has 3 N–H and O–H groups in total. The molecule has 82 valence electrons. The molecule has 0 aromatic heterocycles. The van der Waals surface area contributed by atoms with Crippen LogP contribution in [0.1, 0.15) is 5.56 Å². The van der Waals surface area contributed by atoms with Gasteiger partial charge in [-0.05, 0) is 18.2 Å². The van der Waals surface area contributed by atoms with Crippen LogP contribution in [0.5, 0.6) is 5.75 Å². The minimum absolute atomic E-state index is 0.0524. The van der Waals surface area contributed by atoms with Gasteiger partial charge in [0.15, 0.2) is 0 Å². The normalized spacial score (nSPS) is 10.0. The fourth-order valence-corrected chi connectivity index (χ4v) is 1.32. The Kier molecular flexibility index (Phi) is 4.39. The minimum Gasteiger partial charge on any atom is -0.491 e. The van der Waals surface area contributed by atoms with E-state index < -0.39 is 0 Å². The monoisotopic (exact) mass is 228 g/mol. The quantitative estimate of drug-likeness (QED) is 0.458. The van der Waals surface area contributed by atoms with Crippen molar-refractivity contribution in [1.82, 2.24) is 0 Å². The van der Waals surface area contributed by atoms with Gasteiger partial charge in [0, 0.05) is 12.7 Å². The van der Waals surface area contributed by atoms with E-state index in [1.165, 1.54) is 0 Å². The second kappa shape index (κ2) is 5.58. The van der Waals surface area contributed by atoms with Crippen molar-refractivity contribution in [3.63, 3.8) is 0 Å². The van der Waals surface area contributed by atoms with Crippen molar-refractivity contribution in [2.75, 3.05) is 20.3 Å². The lowest BCUT2D eigenvalue weighted by atomic mass is 10.2. The van der Waals surface area contributed by atoms with E-state index in [4.69, 9.17) is 32.2 Å². The SMILES string of the molecule is COCCOc1ccc(C(=N)N)c(Cl)c1. The number of hydrogen-bond donors (Lipinski definition) is 2. The molecule has 1 aromatic carbocycles. The van der Waals surface area contributed by atoms with Gasteiger partial charge in [-0.25, -0.2) is 0 Å². The van der Waals surface area contributed by atoms with Crippen LogP contribution in [0.25, 0.3) is 0 Å². The number of benzene rings is 1. The van der Waals surface area contributed by atoms with Gasteiger partial charge in [-0.15, -0.1) is 0 Å². The summed E-state index contributed by atoms with van der Waals surface area (Å²) in [6.45, 7) is 0.984. The molecule has 1 rings (SSSR count). The van der Waals surface area contributed by atoms with Crippen LogP contribution in [0, 0.1) is 5.41 Å². The third-order valence-electron chi connectivity index (χ3n) is 1.79. The van der Waals surface area contributed by atoms with Crippen molar-refractivity contribution in [2.45, 2.75) is 0 Å². The number of nitrogens with two attached hydrogens (primary N) is 1. The van der Waals surface area contributed by atoms with Crippen molar-refractivity contribution in [3.8, 4) is 5.75 Å². The first-order valence-electron chi connectivity index (χ1n) is 4.41. The van der Waals surface area contributed by atoms with Gasteiger partial charge in [0.25, 0.3) is 0 Å². The van der Waals surface area contributed by atoms with Crippen LogP contribution in [-0.4, -0.2) is 26.2 Å². The molecule has 0 spiro atoms. The Balaban J connectivity index is 2.69. The van der Waals surface area contributed by atoms with Gasteiger partial charge in [-0.1, -0.05) is 11.6 Å². The molecule has 0 aliphatic carbocycles. The van der Waals surface area contributed by atoms with Gasteiger partial charge in [0.2, 0.25) is 0 Å². The van der Waals surface area contributed by atoms with Crippen LogP contribution in [-0.2, 0) is 4.74 Å². The summed E-state index contributed by atoms with van der Waals surface area (Å²) in [5.74, 6) is 0.588. The highest BCUT2D eigenvalue weighted by Gasteiger charge is 2.04. The molecule has 0 bridgehead atoms. The van der Waals surface area contributed by atoms with Gasteiger partial charge < -0.3 is 15.2 Å². The number of methoxy groups -OCH3 is 1. The summed E-state index contributed by atoms with van der Waals surface area (Å²) in [5, 5.41) is 7.66. The number of halogens is 1. The Morgan fingerprint density at radius 2 is 2.20 bits per heavy atom. The number of nitrogen functional groups attached to an aromatic ring is 1. The van der Waals surface area contributed by atoms with E-state index in [0.717, 1.165) is 0 Å². The van der Waals surface area contributed by atoms with E-state index in [-0.39, 0.29) is 5.84 Å². The lowest BCUT2D eigenvalue weighted by molar-refractivity contribution is 0.146. The molecule has 0 aliphatic heterocycles. The van der Waals surface area contributed by atoms with Crippen LogP contribution in [0.2, 0.25) is 5.02 Å². The molecule has 15 heavy (non-hydrogen) atoms. The van der Waals surface area contributed by atoms with Crippen molar-refractivity contribution in [2.24, 2.45) is 5.73 Å². The average Bonchev–Trinajstić information content (AvgIpc) is 2.17. The molecule has 1 aromatic rings. The zero-order valence-corrected chi connectivity index (χ0v) is 9.17. The molecule has 0 radical (unpaired) electrons. The molecule has 0 aliphatic rings. The second-order valence-corrected chi connectivity index (χ2v) is 3.30. The number of rotatable bonds is 5. The summed E-state index contributed by atoms with van der Waals surface area (Å²) in [6.07, 6.45) is 0. The highest BCUT2D eigenvalue weighted by Crippen LogP contribution is 2.22. The fourth-order valence-electron chi connectivity index (χ4n) is 1.05. The maximum absolute atomic E-state index is 7.25. The van der Waals surface area contributed by atoms with E-state index in [2.05, 4.69) is 0 Å². The van der Waals surface area contributed by atoms with Crippen molar-refractivity contribution in [1.29, 1.82) is 5.41 Å². The largest absolute Gasteiger partial charge is 0.491 e. The smallest absolute Gasteiger partial charge is 0.124 e. The van der Waals surface area contributed by atoms with Gasteiger partial charge >= 0.3 is 0 Å². The molecule has 0 saturated carbocycles. The molecule has 0 heterocycles. The van der Waals surface area contributed by atoms with Crippen LogP contribution >= 0.6 is 11.6 Å². The van der Waals surface area contributed by atoms with Crippen LogP contribution in [0.15, 0.2) is 18.2 Å². The summed E-state index contributed by atoms with van der Waals surface area (Å²) < 4.78 is 10.2. The first-order valence-corrected chi connectivity index (χ1v) is 4.78. The molecule has 0 fully saturated rings. The zero-order valence-electron chi connectivity index (χ0n) is 8.42. The third kappa shape index (κ3) is 3.42. The van der Waals surface area contributed by atoms with Gasteiger partial charge in [-0.2, -0.15) is 0 Å². The highest BCUT2D eigenvalue weighted by atomic mass is 35.5. The van der Waals surface area contributed by atoms with Crippen molar-refractivity contribution in [3.05, 3.63) is 28.8 Å². The predicted molar refractivity (Wildman–Crippen MR) is 59.8 cm³/mol. The van der Waals surface area contributed by atoms with E-state index in [1.54, 1.807) is 25.3 Å². The van der Waals surface area contributed by atoms with Gasteiger partial charge in [0.05, 0.1) is 11.6 Å². The zero-order chi connectivity index (χ0) is 11.3. The first-order chi connectivity index (χ1) is 7.15. The number of ether oxygens (including phenoxy) is 2. The molecule has 0 saturated heterocycles. The highest BCUT2D eigenvalue weighted by molar-refractivity contribution is 6.34. The molecule has 5 heteroatoms. The Labute approximate surface area is 93.4 Å². The lowest BCUT2D eigenvalue weighted by Gasteiger charge is -2.07. The summed E-state index contributed by atoms with van der Waals surface area (Å²) in [4.78, 5) is 0. The van der Waals surface area contributed by atoms with E-state index in [0.29, 0.717) is 29.5 Å². The summed E-state index contributed by atoms with van der Waals surface area (Å²) in [5.41, 5.74) is 5.83. The minimum atomic E-state index is -0.0524. The summed E-state index contributed by atoms with van der Waals surface area (Å²) >= 11 is 5.91.